The van der Waals surface area contributed by atoms with Gasteiger partial charge in [0.05, 0.1) is 18.8 Å². The van der Waals surface area contributed by atoms with Crippen LogP contribution in [0, 0.1) is 0 Å². The first-order valence-electron chi connectivity index (χ1n) is 13.8. The predicted molar refractivity (Wildman–Crippen MR) is 150 cm³/mol. The Morgan fingerprint density at radius 3 is 1.47 bits per heavy atom. The standard InChI is InChI=1S/C33H42O3/c34-33(31-21-15-12-16-22-31)36-28-18-10-8-6-4-2-1-3-5-7-9-17-27-35-32-25-23-30(24-26-32)29-19-13-11-14-20-29/h11-16,19-26H,1-10,17-18,27-28H2. The molecule has 0 aromatic heterocycles. The molecule has 0 bridgehead atoms. The van der Waals surface area contributed by atoms with Crippen LogP contribution < -0.4 is 4.74 Å². The molecular formula is C33H42O3. The van der Waals surface area contributed by atoms with Gasteiger partial charge in [-0.25, -0.2) is 4.79 Å². The molecule has 0 N–H and O–H groups in total. The van der Waals surface area contributed by atoms with E-state index in [1.807, 2.05) is 24.3 Å². The first-order chi connectivity index (χ1) is 17.8. The molecule has 0 atom stereocenters. The molecule has 0 radical (unpaired) electrons. The molecule has 0 amide bonds. The predicted octanol–water partition coefficient (Wildman–Crippen LogP) is 9.27. The Morgan fingerprint density at radius 2 is 0.917 bits per heavy atom. The average molecular weight is 487 g/mol. The minimum atomic E-state index is -0.211. The molecule has 0 saturated carbocycles. The number of carbonyl (C=O) groups excluding carboxylic acids is 1. The molecule has 0 heterocycles. The lowest BCUT2D eigenvalue weighted by molar-refractivity contribution is 0.0497. The normalized spacial score (nSPS) is 10.8. The Balaban J connectivity index is 1.06. The van der Waals surface area contributed by atoms with Gasteiger partial charge in [0.25, 0.3) is 0 Å². The van der Waals surface area contributed by atoms with Crippen LogP contribution in [0.5, 0.6) is 5.75 Å². The van der Waals surface area contributed by atoms with Gasteiger partial charge < -0.3 is 9.47 Å². The van der Waals surface area contributed by atoms with Crippen molar-refractivity contribution in [1.82, 2.24) is 0 Å². The van der Waals surface area contributed by atoms with Crippen LogP contribution in [-0.2, 0) is 4.74 Å². The van der Waals surface area contributed by atoms with E-state index in [1.54, 1.807) is 12.1 Å². The zero-order valence-electron chi connectivity index (χ0n) is 21.7. The van der Waals surface area contributed by atoms with Crippen LogP contribution in [0.1, 0.15) is 87.4 Å². The van der Waals surface area contributed by atoms with Crippen LogP contribution in [0.3, 0.4) is 0 Å². The Morgan fingerprint density at radius 1 is 0.472 bits per heavy atom. The molecule has 0 saturated heterocycles. The summed E-state index contributed by atoms with van der Waals surface area (Å²) in [5.41, 5.74) is 3.10. The van der Waals surface area contributed by atoms with Gasteiger partial charge in [0.2, 0.25) is 0 Å². The third kappa shape index (κ3) is 11.1. The summed E-state index contributed by atoms with van der Waals surface area (Å²) in [7, 11) is 0. The summed E-state index contributed by atoms with van der Waals surface area (Å²) in [4.78, 5) is 11.9. The topological polar surface area (TPSA) is 35.5 Å². The quantitative estimate of drug-likeness (QED) is 0.133. The largest absolute Gasteiger partial charge is 0.494 e. The average Bonchev–Trinajstić information content (AvgIpc) is 2.94. The van der Waals surface area contributed by atoms with E-state index in [1.165, 1.54) is 68.9 Å². The van der Waals surface area contributed by atoms with E-state index in [4.69, 9.17) is 9.47 Å². The Labute approximate surface area is 217 Å². The van der Waals surface area contributed by atoms with Crippen LogP contribution in [0.4, 0.5) is 0 Å². The molecule has 3 rings (SSSR count). The van der Waals surface area contributed by atoms with Crippen LogP contribution in [0.2, 0.25) is 0 Å². The number of carbonyl (C=O) groups is 1. The number of rotatable bonds is 18. The summed E-state index contributed by atoms with van der Waals surface area (Å²) in [5, 5.41) is 0. The highest BCUT2D eigenvalue weighted by molar-refractivity contribution is 5.89. The minimum absolute atomic E-state index is 0.211. The van der Waals surface area contributed by atoms with Crippen molar-refractivity contribution in [3.8, 4) is 16.9 Å². The zero-order valence-corrected chi connectivity index (χ0v) is 21.7. The molecule has 0 aliphatic carbocycles. The van der Waals surface area contributed by atoms with E-state index in [9.17, 15) is 4.79 Å². The lowest BCUT2D eigenvalue weighted by Gasteiger charge is -2.08. The van der Waals surface area contributed by atoms with E-state index in [0.717, 1.165) is 31.6 Å². The molecule has 0 aliphatic rings. The minimum Gasteiger partial charge on any atom is -0.494 e. The number of hydrogen-bond acceptors (Lipinski definition) is 3. The first-order valence-corrected chi connectivity index (χ1v) is 13.8. The molecular weight excluding hydrogens is 444 g/mol. The maximum atomic E-state index is 11.9. The third-order valence-electron chi connectivity index (χ3n) is 6.51. The molecule has 3 aromatic rings. The molecule has 3 nitrogen and oxygen atoms in total. The number of esters is 1. The molecule has 0 aliphatic heterocycles. The van der Waals surface area contributed by atoms with Gasteiger partial charge in [0, 0.05) is 0 Å². The van der Waals surface area contributed by atoms with Crippen LogP contribution in [0.15, 0.2) is 84.9 Å². The van der Waals surface area contributed by atoms with Gasteiger partial charge in [-0.05, 0) is 48.2 Å². The Kier molecular flexibility index (Phi) is 13.3. The summed E-state index contributed by atoms with van der Waals surface area (Å²) in [6.07, 6.45) is 15.0. The number of unbranched alkanes of at least 4 members (excludes halogenated alkanes) is 11. The van der Waals surface area contributed by atoms with Crippen molar-refractivity contribution in [2.24, 2.45) is 0 Å². The van der Waals surface area contributed by atoms with Crippen molar-refractivity contribution in [3.05, 3.63) is 90.5 Å². The molecule has 3 aromatic carbocycles. The SMILES string of the molecule is O=C(OCCCCCCCCCCCCCCOc1ccc(-c2ccccc2)cc1)c1ccccc1. The molecule has 0 spiro atoms. The number of ether oxygens (including phenoxy) is 2. The maximum absolute atomic E-state index is 11.9. The fourth-order valence-corrected chi connectivity index (χ4v) is 4.36. The van der Waals surface area contributed by atoms with Gasteiger partial charge in [0.1, 0.15) is 5.75 Å². The monoisotopic (exact) mass is 486 g/mol. The Bertz CT molecular complexity index is 951. The highest BCUT2D eigenvalue weighted by atomic mass is 16.5. The number of benzene rings is 3. The van der Waals surface area contributed by atoms with Gasteiger partial charge in [0.15, 0.2) is 0 Å². The van der Waals surface area contributed by atoms with Gasteiger partial charge in [-0.3, -0.25) is 0 Å². The molecule has 0 fully saturated rings. The van der Waals surface area contributed by atoms with Crippen LogP contribution in [0.25, 0.3) is 11.1 Å². The summed E-state index contributed by atoms with van der Waals surface area (Å²) < 4.78 is 11.2. The van der Waals surface area contributed by atoms with E-state index >= 15 is 0 Å². The second kappa shape index (κ2) is 17.4. The summed E-state index contributed by atoms with van der Waals surface area (Å²) in [6, 6.07) is 28.1. The van der Waals surface area contributed by atoms with E-state index < -0.39 is 0 Å². The highest BCUT2D eigenvalue weighted by Gasteiger charge is 2.05. The summed E-state index contributed by atoms with van der Waals surface area (Å²) in [6.45, 7) is 1.33. The fraction of sp³-hybridized carbons (Fsp3) is 0.424. The smallest absolute Gasteiger partial charge is 0.338 e. The van der Waals surface area contributed by atoms with E-state index in [-0.39, 0.29) is 5.97 Å². The number of hydrogen-bond donors (Lipinski definition) is 0. The lowest BCUT2D eigenvalue weighted by Crippen LogP contribution is -2.06. The van der Waals surface area contributed by atoms with Crippen molar-refractivity contribution in [3.63, 3.8) is 0 Å². The first kappa shape index (κ1) is 27.5. The van der Waals surface area contributed by atoms with Crippen molar-refractivity contribution < 1.29 is 14.3 Å². The molecule has 3 heteroatoms. The summed E-state index contributed by atoms with van der Waals surface area (Å²) in [5.74, 6) is 0.750. The van der Waals surface area contributed by atoms with E-state index in [0.29, 0.717) is 12.2 Å². The highest BCUT2D eigenvalue weighted by Crippen LogP contribution is 2.22. The third-order valence-corrected chi connectivity index (χ3v) is 6.51. The van der Waals surface area contributed by atoms with Crippen molar-refractivity contribution in [2.45, 2.75) is 77.0 Å². The van der Waals surface area contributed by atoms with Crippen molar-refractivity contribution in [2.75, 3.05) is 13.2 Å². The van der Waals surface area contributed by atoms with Crippen LogP contribution >= 0.6 is 0 Å². The maximum Gasteiger partial charge on any atom is 0.338 e. The van der Waals surface area contributed by atoms with Gasteiger partial charge in [-0.2, -0.15) is 0 Å². The van der Waals surface area contributed by atoms with Gasteiger partial charge in [-0.15, -0.1) is 0 Å². The van der Waals surface area contributed by atoms with E-state index in [2.05, 4.69) is 48.5 Å². The van der Waals surface area contributed by atoms with Crippen LogP contribution in [-0.4, -0.2) is 19.2 Å². The molecule has 0 unspecified atom stereocenters. The molecule has 192 valence electrons. The molecule has 36 heavy (non-hydrogen) atoms. The van der Waals surface area contributed by atoms with Crippen molar-refractivity contribution >= 4 is 5.97 Å². The lowest BCUT2D eigenvalue weighted by atomic mass is 10.1. The van der Waals surface area contributed by atoms with Gasteiger partial charge >= 0.3 is 5.97 Å². The van der Waals surface area contributed by atoms with Gasteiger partial charge in [-0.1, -0.05) is 125 Å². The fourth-order valence-electron chi connectivity index (χ4n) is 4.36. The second-order valence-electron chi connectivity index (χ2n) is 9.48. The Hall–Kier alpha value is -3.07. The summed E-state index contributed by atoms with van der Waals surface area (Å²) >= 11 is 0. The van der Waals surface area contributed by atoms with Crippen molar-refractivity contribution in [1.29, 1.82) is 0 Å². The zero-order chi connectivity index (χ0) is 25.1. The second-order valence-corrected chi connectivity index (χ2v) is 9.48.